The zero-order chi connectivity index (χ0) is 20.0. The monoisotopic (exact) mass is 380 g/mol. The number of anilines is 2. The Morgan fingerprint density at radius 3 is 2.03 bits per heavy atom. The molecule has 0 saturated carbocycles. The smallest absolute Gasteiger partial charge is 0.263 e. The van der Waals surface area contributed by atoms with Crippen molar-refractivity contribution in [3.8, 4) is 0 Å². The van der Waals surface area contributed by atoms with E-state index in [2.05, 4.69) is 5.32 Å². The van der Waals surface area contributed by atoms with Crippen LogP contribution in [0.25, 0.3) is 5.57 Å². The van der Waals surface area contributed by atoms with E-state index in [-0.39, 0.29) is 16.9 Å². The highest BCUT2D eigenvalue weighted by Crippen LogP contribution is 2.42. The first-order valence-electron chi connectivity index (χ1n) is 9.29. The predicted molar refractivity (Wildman–Crippen MR) is 110 cm³/mol. The average Bonchev–Trinajstić information content (AvgIpc) is 3.21. The Bertz CT molecular complexity index is 1120. The summed E-state index contributed by atoms with van der Waals surface area (Å²) in [4.78, 5) is 41.2. The highest BCUT2D eigenvalue weighted by Gasteiger charge is 2.48. The quantitative estimate of drug-likeness (QED) is 0.544. The number of rotatable bonds is 2. The number of amides is 2. The first-order chi connectivity index (χ1) is 14.2. The normalized spacial score (nSPS) is 20.8. The molecule has 2 aliphatic heterocycles. The van der Waals surface area contributed by atoms with Crippen LogP contribution in [-0.2, 0) is 14.4 Å². The fourth-order valence-corrected chi connectivity index (χ4v) is 3.98. The van der Waals surface area contributed by atoms with Crippen LogP contribution in [0.15, 0.2) is 90.5 Å². The predicted octanol–water partition coefficient (Wildman–Crippen LogP) is 3.75. The lowest BCUT2D eigenvalue weighted by atomic mass is 9.95. The fourth-order valence-electron chi connectivity index (χ4n) is 3.98. The molecule has 1 unspecified atom stereocenters. The van der Waals surface area contributed by atoms with E-state index in [1.54, 1.807) is 36.4 Å². The fraction of sp³-hybridized carbons (Fsp3) is 0.0417. The number of carbonyl (C=O) groups excluding carboxylic acids is 3. The molecule has 5 heteroatoms. The molecule has 0 aliphatic carbocycles. The Kier molecular flexibility index (Phi) is 3.88. The van der Waals surface area contributed by atoms with Crippen molar-refractivity contribution in [1.82, 2.24) is 0 Å². The molecule has 140 valence electrons. The van der Waals surface area contributed by atoms with E-state index in [1.807, 2.05) is 48.5 Å². The van der Waals surface area contributed by atoms with Gasteiger partial charge in [0, 0.05) is 16.9 Å². The zero-order valence-corrected chi connectivity index (χ0v) is 15.3. The van der Waals surface area contributed by atoms with Gasteiger partial charge in [-0.2, -0.15) is 0 Å². The molecule has 0 aromatic heterocycles. The van der Waals surface area contributed by atoms with Crippen molar-refractivity contribution in [2.75, 3.05) is 10.2 Å². The molecule has 1 atom stereocenters. The van der Waals surface area contributed by atoms with E-state index in [0.29, 0.717) is 22.5 Å². The molecular formula is C24H16N2O3. The average molecular weight is 380 g/mol. The standard InChI is InChI=1S/C24H16N2O3/c27-22-20(19-17-13-7-8-14-18(17)25-23(19)28)24(29)26(16-11-5-2-6-12-16)21(22)15-9-3-1-4-10-15/h1-14,21H,(H,25,28)/b20-19+. The van der Waals surface area contributed by atoms with Crippen LogP contribution in [-0.4, -0.2) is 17.6 Å². The molecule has 3 aromatic rings. The molecule has 1 N–H and O–H groups in total. The van der Waals surface area contributed by atoms with Gasteiger partial charge in [0.25, 0.3) is 11.8 Å². The van der Waals surface area contributed by atoms with Gasteiger partial charge in [0.1, 0.15) is 6.04 Å². The summed E-state index contributed by atoms with van der Waals surface area (Å²) in [6.45, 7) is 0. The van der Waals surface area contributed by atoms with Gasteiger partial charge in [-0.1, -0.05) is 66.7 Å². The second kappa shape index (κ2) is 6.56. The molecule has 3 aromatic carbocycles. The molecule has 2 amide bonds. The van der Waals surface area contributed by atoms with E-state index >= 15 is 0 Å². The molecule has 2 heterocycles. The summed E-state index contributed by atoms with van der Waals surface area (Å²) in [5.41, 5.74) is 2.59. The summed E-state index contributed by atoms with van der Waals surface area (Å²) < 4.78 is 0. The van der Waals surface area contributed by atoms with Gasteiger partial charge < -0.3 is 5.32 Å². The van der Waals surface area contributed by atoms with Gasteiger partial charge in [-0.3, -0.25) is 19.3 Å². The van der Waals surface area contributed by atoms with Crippen molar-refractivity contribution in [3.05, 3.63) is 102 Å². The van der Waals surface area contributed by atoms with E-state index in [9.17, 15) is 14.4 Å². The number of hydrogen-bond acceptors (Lipinski definition) is 3. The van der Waals surface area contributed by atoms with E-state index in [1.165, 1.54) is 4.90 Å². The van der Waals surface area contributed by atoms with E-state index in [4.69, 9.17) is 0 Å². The highest BCUT2D eigenvalue weighted by atomic mass is 16.2. The van der Waals surface area contributed by atoms with Crippen molar-refractivity contribution in [3.63, 3.8) is 0 Å². The molecule has 1 fully saturated rings. The topological polar surface area (TPSA) is 66.5 Å². The van der Waals surface area contributed by atoms with Crippen LogP contribution in [0.5, 0.6) is 0 Å². The summed E-state index contributed by atoms with van der Waals surface area (Å²) in [6.07, 6.45) is 0. The molecule has 5 nitrogen and oxygen atoms in total. The van der Waals surface area contributed by atoms with Crippen molar-refractivity contribution >= 4 is 34.5 Å². The molecular weight excluding hydrogens is 364 g/mol. The van der Waals surface area contributed by atoms with Crippen molar-refractivity contribution < 1.29 is 14.4 Å². The Balaban J connectivity index is 1.75. The van der Waals surface area contributed by atoms with Crippen LogP contribution in [0, 0.1) is 0 Å². The SMILES string of the molecule is O=C1Nc2ccccc2/C1=C1/C(=O)C(c2ccccc2)N(c2ccccc2)C1=O. The molecule has 0 spiro atoms. The summed E-state index contributed by atoms with van der Waals surface area (Å²) in [6, 6.07) is 24.5. The van der Waals surface area contributed by atoms with Gasteiger partial charge in [-0.15, -0.1) is 0 Å². The minimum absolute atomic E-state index is 0.0647. The molecule has 29 heavy (non-hydrogen) atoms. The second-order valence-corrected chi connectivity index (χ2v) is 6.94. The maximum atomic E-state index is 13.5. The summed E-state index contributed by atoms with van der Waals surface area (Å²) in [7, 11) is 0. The first-order valence-corrected chi connectivity index (χ1v) is 9.29. The van der Waals surface area contributed by atoms with Crippen LogP contribution >= 0.6 is 0 Å². The van der Waals surface area contributed by atoms with Gasteiger partial charge in [0.2, 0.25) is 0 Å². The number of nitrogens with zero attached hydrogens (tertiary/aromatic N) is 1. The molecule has 1 saturated heterocycles. The maximum absolute atomic E-state index is 13.5. The number of hydrogen-bond donors (Lipinski definition) is 1. The summed E-state index contributed by atoms with van der Waals surface area (Å²) in [5, 5.41) is 2.75. The number of ketones is 1. The zero-order valence-electron chi connectivity index (χ0n) is 15.3. The Morgan fingerprint density at radius 1 is 0.690 bits per heavy atom. The number of para-hydroxylation sites is 2. The van der Waals surface area contributed by atoms with E-state index < -0.39 is 17.9 Å². The third kappa shape index (κ3) is 2.59. The molecule has 0 bridgehead atoms. The number of benzene rings is 3. The van der Waals surface area contributed by atoms with Crippen LogP contribution in [0.2, 0.25) is 0 Å². The van der Waals surface area contributed by atoms with Crippen molar-refractivity contribution in [2.24, 2.45) is 0 Å². The third-order valence-corrected chi connectivity index (χ3v) is 5.26. The lowest BCUT2D eigenvalue weighted by Gasteiger charge is -2.23. The maximum Gasteiger partial charge on any atom is 0.263 e. The largest absolute Gasteiger partial charge is 0.321 e. The van der Waals surface area contributed by atoms with Crippen LogP contribution < -0.4 is 10.2 Å². The van der Waals surface area contributed by atoms with Gasteiger partial charge in [0.05, 0.1) is 11.1 Å². The Hall–Kier alpha value is -3.99. The number of carbonyl (C=O) groups is 3. The number of fused-ring (bicyclic) bond motifs is 1. The molecule has 0 radical (unpaired) electrons. The number of nitrogens with one attached hydrogen (secondary N) is 1. The van der Waals surface area contributed by atoms with Crippen molar-refractivity contribution in [1.29, 1.82) is 0 Å². The minimum atomic E-state index is -0.811. The third-order valence-electron chi connectivity index (χ3n) is 5.26. The summed E-state index contributed by atoms with van der Waals surface area (Å²) >= 11 is 0. The minimum Gasteiger partial charge on any atom is -0.321 e. The second-order valence-electron chi connectivity index (χ2n) is 6.94. The van der Waals surface area contributed by atoms with Gasteiger partial charge in [-0.25, -0.2) is 0 Å². The number of Topliss-reactive ketones (excluding diaryl/α,β-unsaturated/α-hetero) is 1. The van der Waals surface area contributed by atoms with Crippen LogP contribution in [0.4, 0.5) is 11.4 Å². The lowest BCUT2D eigenvalue weighted by Crippen LogP contribution is -2.29. The van der Waals surface area contributed by atoms with Crippen LogP contribution in [0.1, 0.15) is 17.2 Å². The summed E-state index contributed by atoms with van der Waals surface area (Å²) in [5.74, 6) is -1.26. The van der Waals surface area contributed by atoms with Gasteiger partial charge >= 0.3 is 0 Å². The Morgan fingerprint density at radius 2 is 1.31 bits per heavy atom. The lowest BCUT2D eigenvalue weighted by molar-refractivity contribution is -0.117. The van der Waals surface area contributed by atoms with Gasteiger partial charge in [-0.05, 0) is 23.8 Å². The van der Waals surface area contributed by atoms with Crippen LogP contribution in [0.3, 0.4) is 0 Å². The Labute approximate surface area is 167 Å². The molecule has 5 rings (SSSR count). The first kappa shape index (κ1) is 17.1. The van der Waals surface area contributed by atoms with Crippen molar-refractivity contribution in [2.45, 2.75) is 6.04 Å². The molecule has 2 aliphatic rings. The van der Waals surface area contributed by atoms with E-state index in [0.717, 1.165) is 0 Å². The highest BCUT2D eigenvalue weighted by molar-refractivity contribution is 6.46. The van der Waals surface area contributed by atoms with Gasteiger partial charge in [0.15, 0.2) is 5.78 Å².